The number of benzene rings is 1. The molecule has 0 aliphatic rings. The molecule has 6 heteroatoms. The molecule has 1 nitrogen and oxygen atoms in total. The Morgan fingerprint density at radius 1 is 1.38 bits per heavy atom. The molecule has 0 saturated heterocycles. The summed E-state index contributed by atoms with van der Waals surface area (Å²) in [6.45, 7) is 0.0926. The molecule has 0 fully saturated rings. The first-order valence-corrected chi connectivity index (χ1v) is 6.05. The van der Waals surface area contributed by atoms with Crippen LogP contribution in [0.5, 0.6) is 0 Å². The first-order valence-electron chi connectivity index (χ1n) is 4.42. The summed E-state index contributed by atoms with van der Waals surface area (Å²) in [5, 5.41) is 2.76. The zero-order valence-corrected chi connectivity index (χ0v) is 10.1. The summed E-state index contributed by atoms with van der Waals surface area (Å²) in [4.78, 5) is 0. The van der Waals surface area contributed by atoms with E-state index >= 15 is 0 Å². The van der Waals surface area contributed by atoms with Gasteiger partial charge in [-0.25, -0.2) is 0 Å². The number of nitrogens with one attached hydrogen (secondary N) is 1. The van der Waals surface area contributed by atoms with Crippen molar-refractivity contribution in [3.05, 3.63) is 35.4 Å². The molecule has 1 rings (SSSR count). The van der Waals surface area contributed by atoms with Crippen molar-refractivity contribution in [2.24, 2.45) is 0 Å². The van der Waals surface area contributed by atoms with Gasteiger partial charge in [-0.15, -0.1) is 11.8 Å². The first-order chi connectivity index (χ1) is 7.45. The third kappa shape index (κ3) is 3.68. The summed E-state index contributed by atoms with van der Waals surface area (Å²) >= 11 is 6.16. The van der Waals surface area contributed by atoms with Crippen molar-refractivity contribution < 1.29 is 13.2 Å². The average Bonchev–Trinajstić information content (AvgIpc) is 2.25. The van der Waals surface area contributed by atoms with Crippen molar-refractivity contribution in [3.8, 4) is 0 Å². The molecule has 16 heavy (non-hydrogen) atoms. The van der Waals surface area contributed by atoms with E-state index in [1.807, 2.05) is 0 Å². The van der Waals surface area contributed by atoms with Crippen LogP contribution in [0.4, 0.5) is 13.2 Å². The summed E-state index contributed by atoms with van der Waals surface area (Å²) in [6, 6.07) is 5.46. The van der Waals surface area contributed by atoms with Gasteiger partial charge in [-0.2, -0.15) is 13.2 Å². The van der Waals surface area contributed by atoms with E-state index < -0.39 is 11.7 Å². The molecule has 1 aromatic carbocycles. The monoisotopic (exact) mass is 265 g/mol. The normalized spacial score (nSPS) is 11.2. The van der Waals surface area contributed by atoms with Crippen molar-refractivity contribution >= 4 is 28.3 Å². The molecule has 0 aliphatic carbocycles. The Kier molecular flexibility index (Phi) is 4.61. The molecule has 0 atom stereocenters. The van der Waals surface area contributed by atoms with Gasteiger partial charge in [0, 0.05) is 6.54 Å². The van der Waals surface area contributed by atoms with Crippen LogP contribution in [0.15, 0.2) is 24.3 Å². The molecule has 0 aromatic heterocycles. The standard InChI is InChI=1S/C10H10F3NS2/c1-16-9(15)14-6-7-4-2-3-5-8(7)10(11,12)13/h2-5H,6H2,1H3,(H,14,15). The fraction of sp³-hybridized carbons (Fsp3) is 0.300. The van der Waals surface area contributed by atoms with Gasteiger partial charge in [-0.05, 0) is 17.9 Å². The van der Waals surface area contributed by atoms with Gasteiger partial charge in [-0.1, -0.05) is 30.4 Å². The second kappa shape index (κ2) is 5.54. The smallest absolute Gasteiger partial charge is 0.367 e. The van der Waals surface area contributed by atoms with E-state index in [1.54, 1.807) is 12.3 Å². The third-order valence-electron chi connectivity index (χ3n) is 1.93. The van der Waals surface area contributed by atoms with Crippen LogP contribution in [0.25, 0.3) is 0 Å². The summed E-state index contributed by atoms with van der Waals surface area (Å²) in [6.07, 6.45) is -2.55. The maximum absolute atomic E-state index is 12.6. The van der Waals surface area contributed by atoms with Gasteiger partial charge < -0.3 is 5.32 Å². The number of thiocarbonyl (C=S) groups is 1. The van der Waals surface area contributed by atoms with Crippen molar-refractivity contribution in [1.29, 1.82) is 0 Å². The van der Waals surface area contributed by atoms with Crippen molar-refractivity contribution in [2.45, 2.75) is 12.7 Å². The van der Waals surface area contributed by atoms with Crippen LogP contribution < -0.4 is 5.32 Å². The lowest BCUT2D eigenvalue weighted by Crippen LogP contribution is -2.20. The van der Waals surface area contributed by atoms with E-state index in [2.05, 4.69) is 5.32 Å². The minimum atomic E-state index is -4.32. The van der Waals surface area contributed by atoms with Crippen LogP contribution in [0.1, 0.15) is 11.1 Å². The highest BCUT2D eigenvalue weighted by atomic mass is 32.2. The summed E-state index contributed by atoms with van der Waals surface area (Å²) in [5.41, 5.74) is -0.419. The SMILES string of the molecule is CSC(=S)NCc1ccccc1C(F)(F)F. The Labute approximate surface area is 101 Å². The van der Waals surface area contributed by atoms with Crippen LogP contribution >= 0.6 is 24.0 Å². The molecular weight excluding hydrogens is 255 g/mol. The van der Waals surface area contributed by atoms with E-state index in [4.69, 9.17) is 12.2 Å². The molecule has 0 unspecified atom stereocenters. The number of halogens is 3. The number of hydrogen-bond donors (Lipinski definition) is 1. The molecule has 0 spiro atoms. The van der Waals surface area contributed by atoms with Gasteiger partial charge in [0.2, 0.25) is 0 Å². The maximum Gasteiger partial charge on any atom is 0.416 e. The lowest BCUT2D eigenvalue weighted by atomic mass is 10.1. The van der Waals surface area contributed by atoms with E-state index in [1.165, 1.54) is 23.9 Å². The van der Waals surface area contributed by atoms with E-state index in [-0.39, 0.29) is 12.1 Å². The summed E-state index contributed by atoms with van der Waals surface area (Å²) < 4.78 is 38.2. The second-order valence-electron chi connectivity index (χ2n) is 3.00. The molecule has 88 valence electrons. The molecule has 0 saturated carbocycles. The lowest BCUT2D eigenvalue weighted by Gasteiger charge is -2.13. The molecule has 0 amide bonds. The van der Waals surface area contributed by atoms with Crippen molar-refractivity contribution in [3.63, 3.8) is 0 Å². The van der Waals surface area contributed by atoms with Gasteiger partial charge in [0.25, 0.3) is 0 Å². The zero-order valence-electron chi connectivity index (χ0n) is 8.47. The third-order valence-corrected chi connectivity index (χ3v) is 3.09. The highest BCUT2D eigenvalue weighted by Crippen LogP contribution is 2.31. The Balaban J connectivity index is 2.84. The maximum atomic E-state index is 12.6. The predicted molar refractivity (Wildman–Crippen MR) is 64.4 cm³/mol. The number of alkyl halides is 3. The Hall–Kier alpha value is -0.750. The molecule has 1 aromatic rings. The number of rotatable bonds is 2. The highest BCUT2D eigenvalue weighted by Gasteiger charge is 2.32. The minimum absolute atomic E-state index is 0.0926. The second-order valence-corrected chi connectivity index (χ2v) is 4.48. The fourth-order valence-corrected chi connectivity index (χ4v) is 1.48. The Morgan fingerprint density at radius 2 is 2.00 bits per heavy atom. The Morgan fingerprint density at radius 3 is 2.56 bits per heavy atom. The molecule has 1 N–H and O–H groups in total. The van der Waals surface area contributed by atoms with Crippen molar-refractivity contribution in [2.75, 3.05) is 6.26 Å². The number of thioether (sulfide) groups is 1. The molecule has 0 radical (unpaired) electrons. The van der Waals surface area contributed by atoms with Crippen LogP contribution in [-0.2, 0) is 12.7 Å². The topological polar surface area (TPSA) is 12.0 Å². The van der Waals surface area contributed by atoms with Crippen LogP contribution in [0.2, 0.25) is 0 Å². The zero-order chi connectivity index (χ0) is 12.2. The molecular formula is C10H10F3NS2. The highest BCUT2D eigenvalue weighted by molar-refractivity contribution is 8.22. The average molecular weight is 265 g/mol. The van der Waals surface area contributed by atoms with Crippen LogP contribution in [0, 0.1) is 0 Å². The van der Waals surface area contributed by atoms with E-state index in [9.17, 15) is 13.2 Å². The molecule has 0 aliphatic heterocycles. The van der Waals surface area contributed by atoms with E-state index in [0.717, 1.165) is 6.07 Å². The van der Waals surface area contributed by atoms with Gasteiger partial charge >= 0.3 is 6.18 Å². The molecule has 0 heterocycles. The van der Waals surface area contributed by atoms with Gasteiger partial charge in [0.15, 0.2) is 0 Å². The van der Waals surface area contributed by atoms with Crippen molar-refractivity contribution in [1.82, 2.24) is 5.32 Å². The minimum Gasteiger partial charge on any atom is -0.367 e. The van der Waals surface area contributed by atoms with Gasteiger partial charge in [-0.3, -0.25) is 0 Å². The largest absolute Gasteiger partial charge is 0.416 e. The molecule has 0 bridgehead atoms. The fourth-order valence-electron chi connectivity index (χ4n) is 1.19. The summed E-state index contributed by atoms with van der Waals surface area (Å²) in [7, 11) is 0. The van der Waals surface area contributed by atoms with Crippen LogP contribution in [-0.4, -0.2) is 10.6 Å². The van der Waals surface area contributed by atoms with E-state index in [0.29, 0.717) is 4.32 Å². The van der Waals surface area contributed by atoms with Crippen LogP contribution in [0.3, 0.4) is 0 Å². The summed E-state index contributed by atoms with van der Waals surface area (Å²) in [5.74, 6) is 0. The first kappa shape index (κ1) is 13.3. The predicted octanol–water partition coefficient (Wildman–Crippen LogP) is 3.44. The van der Waals surface area contributed by atoms with Gasteiger partial charge in [0.05, 0.1) is 5.56 Å². The lowest BCUT2D eigenvalue weighted by molar-refractivity contribution is -0.138. The quantitative estimate of drug-likeness (QED) is 0.823. The van der Waals surface area contributed by atoms with Gasteiger partial charge in [0.1, 0.15) is 4.32 Å². The Bertz CT molecular complexity index is 377. The number of hydrogen-bond acceptors (Lipinski definition) is 2.